The Labute approximate surface area is 144 Å². The Hall–Kier alpha value is -2.93. The van der Waals surface area contributed by atoms with E-state index in [9.17, 15) is 9.90 Å². The van der Waals surface area contributed by atoms with Crippen molar-refractivity contribution in [3.05, 3.63) is 47.8 Å². The molecule has 0 aliphatic rings. The Balaban J connectivity index is 1.99. The number of aromatic carboxylic acids is 1. The Morgan fingerprint density at radius 3 is 2.80 bits per heavy atom. The number of para-hydroxylation sites is 2. The van der Waals surface area contributed by atoms with Gasteiger partial charge >= 0.3 is 5.95 Å². The molecule has 3 aromatic rings. The number of pyridine rings is 1. The molecule has 0 atom stereocenters. The van der Waals surface area contributed by atoms with Crippen molar-refractivity contribution in [3.8, 4) is 11.7 Å². The number of hydrogen-bond donors (Lipinski definition) is 1. The number of carboxylic acids is 1. The zero-order valence-corrected chi connectivity index (χ0v) is 14.1. The number of ether oxygens (including phenoxy) is 2. The molecule has 2 aromatic heterocycles. The summed E-state index contributed by atoms with van der Waals surface area (Å²) in [6.45, 7) is 2.71. The van der Waals surface area contributed by atoms with Crippen LogP contribution in [0.25, 0.3) is 17.0 Å². The van der Waals surface area contributed by atoms with Crippen LogP contribution in [-0.4, -0.2) is 36.3 Å². The van der Waals surface area contributed by atoms with Crippen LogP contribution in [0.5, 0.6) is 5.75 Å². The third kappa shape index (κ3) is 3.46. The quantitative estimate of drug-likeness (QED) is 0.510. The molecule has 0 amide bonds. The first-order valence-electron chi connectivity index (χ1n) is 7.95. The van der Waals surface area contributed by atoms with E-state index >= 15 is 0 Å². The van der Waals surface area contributed by atoms with Crippen LogP contribution in [0.1, 0.15) is 22.5 Å². The lowest BCUT2D eigenvalue weighted by Crippen LogP contribution is -2.44. The van der Waals surface area contributed by atoms with E-state index in [1.54, 1.807) is 26.3 Å². The maximum atomic E-state index is 11.7. The summed E-state index contributed by atoms with van der Waals surface area (Å²) in [7, 11) is 1.62. The highest BCUT2D eigenvalue weighted by Gasteiger charge is 2.21. The van der Waals surface area contributed by atoms with Crippen molar-refractivity contribution in [2.24, 2.45) is 0 Å². The minimum atomic E-state index is -1.29. The fourth-order valence-corrected chi connectivity index (χ4v) is 2.66. The summed E-state index contributed by atoms with van der Waals surface area (Å²) in [6, 6.07) is 9.22. The van der Waals surface area contributed by atoms with Gasteiger partial charge < -0.3 is 19.4 Å². The van der Waals surface area contributed by atoms with E-state index in [-0.39, 0.29) is 5.69 Å². The second-order valence-electron chi connectivity index (χ2n) is 5.58. The molecule has 25 heavy (non-hydrogen) atoms. The third-order valence-corrected chi connectivity index (χ3v) is 3.89. The van der Waals surface area contributed by atoms with Gasteiger partial charge in [0.15, 0.2) is 5.52 Å². The zero-order valence-electron chi connectivity index (χ0n) is 14.1. The smallest absolute Gasteiger partial charge is 0.402 e. The SMILES string of the molecule is COCCCOc1cc[n+](-c2nc3ccccc3[nH]2)c(C(=O)[O-])c1C. The number of imidazole rings is 1. The molecular weight excluding hydrogens is 322 g/mol. The molecule has 0 saturated carbocycles. The molecule has 130 valence electrons. The number of carboxylic acid groups (broad SMARTS) is 1. The van der Waals surface area contributed by atoms with E-state index in [0.717, 1.165) is 17.5 Å². The number of carbonyl (C=O) groups is 1. The Kier molecular flexibility index (Phi) is 4.95. The monoisotopic (exact) mass is 341 g/mol. The normalized spacial score (nSPS) is 11.0. The number of aromatic amines is 1. The van der Waals surface area contributed by atoms with E-state index in [2.05, 4.69) is 9.97 Å². The lowest BCUT2D eigenvalue weighted by atomic mass is 10.2. The average Bonchev–Trinajstić information content (AvgIpc) is 3.03. The first kappa shape index (κ1) is 16.9. The fourth-order valence-electron chi connectivity index (χ4n) is 2.66. The number of aromatic nitrogens is 3. The number of nitrogens with zero attached hydrogens (tertiary/aromatic N) is 2. The van der Waals surface area contributed by atoms with Crippen molar-refractivity contribution < 1.29 is 23.9 Å². The maximum Gasteiger partial charge on any atom is 0.402 e. The summed E-state index contributed by atoms with van der Waals surface area (Å²) in [6.07, 6.45) is 2.33. The molecule has 3 rings (SSSR count). The van der Waals surface area contributed by atoms with Crippen molar-refractivity contribution in [2.45, 2.75) is 13.3 Å². The summed E-state index contributed by atoms with van der Waals surface area (Å²) in [5, 5.41) is 11.7. The second kappa shape index (κ2) is 7.31. The first-order valence-corrected chi connectivity index (χ1v) is 7.95. The second-order valence-corrected chi connectivity index (χ2v) is 5.58. The van der Waals surface area contributed by atoms with Crippen LogP contribution in [0.3, 0.4) is 0 Å². The highest BCUT2D eigenvalue weighted by molar-refractivity contribution is 5.84. The largest absolute Gasteiger partial charge is 0.542 e. The molecule has 0 unspecified atom stereocenters. The third-order valence-electron chi connectivity index (χ3n) is 3.89. The van der Waals surface area contributed by atoms with Gasteiger partial charge in [0.05, 0.1) is 12.8 Å². The molecule has 0 aliphatic heterocycles. The number of methoxy groups -OCH3 is 1. The Morgan fingerprint density at radius 1 is 1.28 bits per heavy atom. The van der Waals surface area contributed by atoms with Crippen molar-refractivity contribution in [1.82, 2.24) is 9.97 Å². The molecule has 0 fully saturated rings. The fraction of sp³-hybridized carbons (Fsp3) is 0.278. The molecule has 0 bridgehead atoms. The van der Waals surface area contributed by atoms with Gasteiger partial charge in [-0.15, -0.1) is 0 Å². The predicted octanol–water partition coefficient (Wildman–Crippen LogP) is 0.927. The number of fused-ring (bicyclic) bond motifs is 1. The van der Waals surface area contributed by atoms with E-state index in [4.69, 9.17) is 9.47 Å². The average molecular weight is 341 g/mol. The number of nitrogens with one attached hydrogen (secondary N) is 1. The van der Waals surface area contributed by atoms with Crippen LogP contribution in [0.4, 0.5) is 0 Å². The zero-order chi connectivity index (χ0) is 17.8. The van der Waals surface area contributed by atoms with Crippen LogP contribution in [0.15, 0.2) is 36.5 Å². The number of benzene rings is 1. The lowest BCUT2D eigenvalue weighted by Gasteiger charge is -2.14. The molecule has 7 nitrogen and oxygen atoms in total. The molecule has 0 aliphatic carbocycles. The van der Waals surface area contributed by atoms with Gasteiger partial charge in [0.2, 0.25) is 0 Å². The van der Waals surface area contributed by atoms with E-state index in [1.165, 1.54) is 4.57 Å². The lowest BCUT2D eigenvalue weighted by molar-refractivity contribution is -0.609. The minimum Gasteiger partial charge on any atom is -0.542 e. The van der Waals surface area contributed by atoms with Crippen LogP contribution in [0, 0.1) is 6.92 Å². The summed E-state index contributed by atoms with van der Waals surface area (Å²) >= 11 is 0. The van der Waals surface area contributed by atoms with Gasteiger partial charge in [0.25, 0.3) is 0 Å². The Morgan fingerprint density at radius 2 is 2.08 bits per heavy atom. The minimum absolute atomic E-state index is 0.00305. The van der Waals surface area contributed by atoms with E-state index < -0.39 is 5.97 Å². The van der Waals surface area contributed by atoms with Crippen molar-refractivity contribution in [3.63, 3.8) is 0 Å². The molecular formula is C18H19N3O4. The van der Waals surface area contributed by atoms with Crippen molar-refractivity contribution >= 4 is 17.0 Å². The van der Waals surface area contributed by atoms with Crippen molar-refractivity contribution in [1.29, 1.82) is 0 Å². The Bertz CT molecular complexity index is 871. The predicted molar refractivity (Wildman–Crippen MR) is 88.7 cm³/mol. The first-order chi connectivity index (χ1) is 12.1. The van der Waals surface area contributed by atoms with Gasteiger partial charge in [0, 0.05) is 31.8 Å². The summed E-state index contributed by atoms with van der Waals surface area (Å²) in [4.78, 5) is 19.3. The van der Waals surface area contributed by atoms with Gasteiger partial charge in [-0.25, -0.2) is 4.98 Å². The molecule has 1 aromatic carbocycles. The molecule has 0 radical (unpaired) electrons. The van der Waals surface area contributed by atoms with Gasteiger partial charge in [-0.2, -0.15) is 4.57 Å². The molecule has 7 heteroatoms. The molecule has 2 heterocycles. The highest BCUT2D eigenvalue weighted by Crippen LogP contribution is 2.20. The number of carbonyl (C=O) groups excluding carboxylic acids is 1. The topological polar surface area (TPSA) is 91.2 Å². The van der Waals surface area contributed by atoms with Crippen molar-refractivity contribution in [2.75, 3.05) is 20.3 Å². The number of H-pyrrole nitrogens is 1. The van der Waals surface area contributed by atoms with E-state index in [1.807, 2.05) is 24.3 Å². The van der Waals surface area contributed by atoms with Crippen LogP contribution in [-0.2, 0) is 4.74 Å². The summed E-state index contributed by atoms with van der Waals surface area (Å²) < 4.78 is 12.1. The van der Waals surface area contributed by atoms with Crippen LogP contribution in [0.2, 0.25) is 0 Å². The molecule has 0 saturated heterocycles. The molecule has 0 spiro atoms. The van der Waals surface area contributed by atoms with Gasteiger partial charge in [0.1, 0.15) is 22.9 Å². The highest BCUT2D eigenvalue weighted by atomic mass is 16.5. The van der Waals surface area contributed by atoms with Crippen LogP contribution < -0.4 is 14.4 Å². The van der Waals surface area contributed by atoms with Gasteiger partial charge in [-0.05, 0) is 19.1 Å². The van der Waals surface area contributed by atoms with Crippen LogP contribution >= 0.6 is 0 Å². The number of rotatable bonds is 7. The van der Waals surface area contributed by atoms with Gasteiger partial charge in [-0.3, -0.25) is 0 Å². The summed E-state index contributed by atoms with van der Waals surface area (Å²) in [5.41, 5.74) is 2.07. The maximum absolute atomic E-state index is 11.7. The summed E-state index contributed by atoms with van der Waals surface area (Å²) in [5.74, 6) is -0.377. The van der Waals surface area contributed by atoms with Gasteiger partial charge in [-0.1, -0.05) is 17.1 Å². The molecule has 1 N–H and O–H groups in total. The standard InChI is InChI=1S/C18H19N3O4/c1-12-15(25-11-5-10-24-2)8-9-21(16(12)17(22)23)18-19-13-6-3-4-7-14(13)20-18/h3-4,6-9H,5,10-11H2,1-2H3,(H-,19,20,22,23). The van der Waals surface area contributed by atoms with E-state index in [0.29, 0.717) is 30.5 Å². The number of hydrogen-bond acceptors (Lipinski definition) is 5.